The van der Waals surface area contributed by atoms with Gasteiger partial charge in [-0.2, -0.15) is 0 Å². The van der Waals surface area contributed by atoms with E-state index in [2.05, 4.69) is 5.32 Å². The second-order valence-electron chi connectivity index (χ2n) is 4.78. The van der Waals surface area contributed by atoms with Crippen LogP contribution in [0.5, 0.6) is 11.5 Å². The number of benzene rings is 2. The van der Waals surface area contributed by atoms with Crippen LogP contribution in [0, 0.1) is 0 Å². The first kappa shape index (κ1) is 17.3. The first-order chi connectivity index (χ1) is 11.6. The van der Waals surface area contributed by atoms with Gasteiger partial charge in [0.1, 0.15) is 11.5 Å². The van der Waals surface area contributed by atoms with Crippen molar-refractivity contribution in [1.82, 2.24) is 0 Å². The fourth-order valence-corrected chi connectivity index (χ4v) is 1.98. The van der Waals surface area contributed by atoms with E-state index >= 15 is 0 Å². The summed E-state index contributed by atoms with van der Waals surface area (Å²) in [6.07, 6.45) is 0. The number of rotatable bonds is 7. The number of hydrogen-bond acceptors (Lipinski definition) is 5. The van der Waals surface area contributed by atoms with Gasteiger partial charge in [-0.1, -0.05) is 12.1 Å². The minimum absolute atomic E-state index is 0.156. The third-order valence-corrected chi connectivity index (χ3v) is 3.12. The molecule has 0 aliphatic rings. The second kappa shape index (κ2) is 8.57. The number of nitrogens with one attached hydrogen (secondary N) is 1. The minimum atomic E-state index is -0.391. The molecule has 2 rings (SSSR count). The van der Waals surface area contributed by atoms with Crippen LogP contribution >= 0.6 is 0 Å². The molecular formula is C18H19NO5. The number of para-hydroxylation sites is 2. The summed E-state index contributed by atoms with van der Waals surface area (Å²) in [6, 6.07) is 13.5. The summed E-state index contributed by atoms with van der Waals surface area (Å²) in [4.78, 5) is 23.5. The number of anilines is 1. The average Bonchev–Trinajstić information content (AvgIpc) is 2.61. The summed E-state index contributed by atoms with van der Waals surface area (Å²) in [5.74, 6) is 0.356. The van der Waals surface area contributed by atoms with Crippen LogP contribution in [-0.4, -0.2) is 32.2 Å². The highest BCUT2D eigenvalue weighted by Gasteiger charge is 2.09. The second-order valence-corrected chi connectivity index (χ2v) is 4.78. The fraction of sp³-hybridized carbons (Fsp3) is 0.222. The zero-order valence-corrected chi connectivity index (χ0v) is 13.6. The molecule has 0 bridgehead atoms. The lowest BCUT2D eigenvalue weighted by Crippen LogP contribution is -2.20. The number of carbonyl (C=O) groups excluding carboxylic acids is 2. The summed E-state index contributed by atoms with van der Waals surface area (Å²) in [7, 11) is 1.53. The first-order valence-electron chi connectivity index (χ1n) is 7.47. The highest BCUT2D eigenvalue weighted by molar-refractivity contribution is 5.93. The number of carbonyl (C=O) groups is 2. The SMILES string of the molecule is CCOC(=O)c1ccc(OCC(=O)Nc2ccccc2OC)cc1. The Bertz CT molecular complexity index is 697. The van der Waals surface area contributed by atoms with Gasteiger partial charge in [0.05, 0.1) is 25.0 Å². The van der Waals surface area contributed by atoms with Crippen molar-refractivity contribution in [1.29, 1.82) is 0 Å². The molecule has 1 amide bonds. The molecule has 0 aromatic heterocycles. The maximum absolute atomic E-state index is 11.9. The maximum atomic E-state index is 11.9. The molecule has 24 heavy (non-hydrogen) atoms. The Balaban J connectivity index is 1.88. The fourth-order valence-electron chi connectivity index (χ4n) is 1.98. The van der Waals surface area contributed by atoms with Gasteiger partial charge in [0.2, 0.25) is 0 Å². The molecule has 0 radical (unpaired) electrons. The Morgan fingerprint density at radius 1 is 1.04 bits per heavy atom. The molecule has 6 heteroatoms. The van der Waals surface area contributed by atoms with Gasteiger partial charge in [-0.3, -0.25) is 4.79 Å². The Hall–Kier alpha value is -3.02. The predicted octanol–water partition coefficient (Wildman–Crippen LogP) is 2.89. The van der Waals surface area contributed by atoms with Gasteiger partial charge in [-0.05, 0) is 43.3 Å². The molecule has 2 aromatic rings. The smallest absolute Gasteiger partial charge is 0.338 e. The standard InChI is InChI=1S/C18H19NO5/c1-3-23-18(21)13-8-10-14(11-9-13)24-12-17(20)19-15-6-4-5-7-16(15)22-2/h4-11H,3,12H2,1-2H3,(H,19,20). The molecule has 0 saturated carbocycles. The molecule has 2 aromatic carbocycles. The predicted molar refractivity (Wildman–Crippen MR) is 89.5 cm³/mol. The third kappa shape index (κ3) is 4.74. The van der Waals surface area contributed by atoms with Gasteiger partial charge in [-0.25, -0.2) is 4.79 Å². The van der Waals surface area contributed by atoms with E-state index in [4.69, 9.17) is 14.2 Å². The first-order valence-corrected chi connectivity index (χ1v) is 7.47. The highest BCUT2D eigenvalue weighted by atomic mass is 16.5. The average molecular weight is 329 g/mol. The maximum Gasteiger partial charge on any atom is 0.338 e. The van der Waals surface area contributed by atoms with Gasteiger partial charge < -0.3 is 19.5 Å². The number of hydrogen-bond donors (Lipinski definition) is 1. The van der Waals surface area contributed by atoms with E-state index in [1.54, 1.807) is 49.4 Å². The van der Waals surface area contributed by atoms with Crippen LogP contribution < -0.4 is 14.8 Å². The Morgan fingerprint density at radius 3 is 2.42 bits per heavy atom. The molecule has 0 spiro atoms. The van der Waals surface area contributed by atoms with E-state index in [1.165, 1.54) is 7.11 Å². The Kier molecular flexibility index (Phi) is 6.19. The highest BCUT2D eigenvalue weighted by Crippen LogP contribution is 2.22. The zero-order chi connectivity index (χ0) is 17.4. The summed E-state index contributed by atoms with van der Waals surface area (Å²) in [5.41, 5.74) is 1.01. The normalized spacial score (nSPS) is 9.92. The zero-order valence-electron chi connectivity index (χ0n) is 13.6. The molecule has 0 fully saturated rings. The van der Waals surface area contributed by atoms with E-state index in [1.807, 2.05) is 6.07 Å². The largest absolute Gasteiger partial charge is 0.495 e. The van der Waals surface area contributed by atoms with Gasteiger partial charge >= 0.3 is 5.97 Å². The van der Waals surface area contributed by atoms with Crippen LogP contribution in [0.4, 0.5) is 5.69 Å². The molecule has 0 atom stereocenters. The van der Waals surface area contributed by atoms with Crippen molar-refractivity contribution in [3.8, 4) is 11.5 Å². The van der Waals surface area contributed by atoms with Crippen molar-refractivity contribution in [2.45, 2.75) is 6.92 Å². The van der Waals surface area contributed by atoms with Crippen molar-refractivity contribution in [2.24, 2.45) is 0 Å². The number of methoxy groups -OCH3 is 1. The van der Waals surface area contributed by atoms with Crippen molar-refractivity contribution in [3.05, 3.63) is 54.1 Å². The lowest BCUT2D eigenvalue weighted by atomic mass is 10.2. The summed E-state index contributed by atoms with van der Waals surface area (Å²) in [5, 5.41) is 2.71. The van der Waals surface area contributed by atoms with Crippen molar-refractivity contribution < 1.29 is 23.8 Å². The quantitative estimate of drug-likeness (QED) is 0.791. The van der Waals surface area contributed by atoms with E-state index in [0.717, 1.165) is 0 Å². The molecular weight excluding hydrogens is 310 g/mol. The minimum Gasteiger partial charge on any atom is -0.495 e. The molecule has 0 aliphatic heterocycles. The Labute approximate surface area is 140 Å². The molecule has 6 nitrogen and oxygen atoms in total. The molecule has 0 unspecified atom stereocenters. The van der Waals surface area contributed by atoms with Crippen molar-refractivity contribution in [2.75, 3.05) is 25.6 Å². The van der Waals surface area contributed by atoms with E-state index < -0.39 is 5.97 Å². The van der Waals surface area contributed by atoms with Crippen LogP contribution in [0.3, 0.4) is 0 Å². The summed E-state index contributed by atoms with van der Waals surface area (Å²) in [6.45, 7) is 1.91. The third-order valence-electron chi connectivity index (χ3n) is 3.12. The monoisotopic (exact) mass is 329 g/mol. The van der Waals surface area contributed by atoms with Crippen LogP contribution in [-0.2, 0) is 9.53 Å². The lowest BCUT2D eigenvalue weighted by Gasteiger charge is -2.10. The topological polar surface area (TPSA) is 73.9 Å². The molecule has 1 N–H and O–H groups in total. The molecule has 0 aliphatic carbocycles. The van der Waals surface area contributed by atoms with Gasteiger partial charge in [0, 0.05) is 0 Å². The van der Waals surface area contributed by atoms with Gasteiger partial charge in [-0.15, -0.1) is 0 Å². The Morgan fingerprint density at radius 2 is 1.75 bits per heavy atom. The van der Waals surface area contributed by atoms with Crippen molar-refractivity contribution in [3.63, 3.8) is 0 Å². The van der Waals surface area contributed by atoms with Crippen LogP contribution in [0.2, 0.25) is 0 Å². The van der Waals surface area contributed by atoms with Crippen LogP contribution in [0.1, 0.15) is 17.3 Å². The lowest BCUT2D eigenvalue weighted by molar-refractivity contribution is -0.118. The number of ether oxygens (including phenoxy) is 3. The van der Waals surface area contributed by atoms with Gasteiger partial charge in [0.15, 0.2) is 6.61 Å². The van der Waals surface area contributed by atoms with Crippen molar-refractivity contribution >= 4 is 17.6 Å². The number of amides is 1. The van der Waals surface area contributed by atoms with E-state index in [-0.39, 0.29) is 12.5 Å². The van der Waals surface area contributed by atoms with E-state index in [0.29, 0.717) is 29.4 Å². The molecule has 126 valence electrons. The van der Waals surface area contributed by atoms with Gasteiger partial charge in [0.25, 0.3) is 5.91 Å². The van der Waals surface area contributed by atoms with E-state index in [9.17, 15) is 9.59 Å². The van der Waals surface area contributed by atoms with Crippen LogP contribution in [0.25, 0.3) is 0 Å². The number of esters is 1. The molecule has 0 heterocycles. The summed E-state index contributed by atoms with van der Waals surface area (Å²) < 4.78 is 15.5. The molecule has 0 saturated heterocycles. The van der Waals surface area contributed by atoms with Crippen LogP contribution in [0.15, 0.2) is 48.5 Å². The summed E-state index contributed by atoms with van der Waals surface area (Å²) >= 11 is 0.